The Labute approximate surface area is 178 Å². The van der Waals surface area contributed by atoms with Crippen molar-refractivity contribution in [1.29, 1.82) is 0 Å². The standard InChI is InChI=1S/C19H16F2N2O5S2/c1-27-14-8-11(2-3-13(14)28-18(20)21)9-15-17(25)23(19(26)30-15)6-5-22-16(24)12-4-7-29-10-12/h2-4,7-10,18H,5-6H2,1H3,(H,22,24)/b15-9-. The van der Waals surface area contributed by atoms with Gasteiger partial charge in [-0.3, -0.25) is 19.3 Å². The molecule has 3 amide bonds. The van der Waals surface area contributed by atoms with Gasteiger partial charge in [-0.05, 0) is 47.0 Å². The predicted octanol–water partition coefficient (Wildman–Crippen LogP) is 3.82. The Hall–Kier alpha value is -2.92. The number of alkyl halides is 2. The van der Waals surface area contributed by atoms with E-state index in [-0.39, 0.29) is 35.4 Å². The topological polar surface area (TPSA) is 84.9 Å². The molecule has 0 saturated carbocycles. The minimum absolute atomic E-state index is 0.0301. The number of thioether (sulfide) groups is 1. The number of hydrogen-bond acceptors (Lipinski definition) is 7. The van der Waals surface area contributed by atoms with E-state index < -0.39 is 17.8 Å². The summed E-state index contributed by atoms with van der Waals surface area (Å²) in [4.78, 5) is 37.9. The smallest absolute Gasteiger partial charge is 0.387 e. The lowest BCUT2D eigenvalue weighted by Crippen LogP contribution is -2.37. The summed E-state index contributed by atoms with van der Waals surface area (Å²) >= 11 is 2.15. The number of hydrogen-bond donors (Lipinski definition) is 1. The fourth-order valence-electron chi connectivity index (χ4n) is 2.59. The molecular weight excluding hydrogens is 438 g/mol. The molecule has 2 aromatic rings. The van der Waals surface area contributed by atoms with Crippen molar-refractivity contribution in [2.45, 2.75) is 6.61 Å². The fourth-order valence-corrected chi connectivity index (χ4v) is 4.09. The molecule has 7 nitrogen and oxygen atoms in total. The van der Waals surface area contributed by atoms with Gasteiger partial charge in [-0.15, -0.1) is 0 Å². The largest absolute Gasteiger partial charge is 0.493 e. The van der Waals surface area contributed by atoms with Crippen LogP contribution in [0.15, 0.2) is 39.9 Å². The van der Waals surface area contributed by atoms with E-state index in [1.807, 2.05) is 0 Å². The molecule has 0 aliphatic carbocycles. The molecule has 1 aromatic heterocycles. The molecule has 0 radical (unpaired) electrons. The maximum absolute atomic E-state index is 12.5. The molecule has 11 heteroatoms. The Balaban J connectivity index is 1.65. The molecule has 0 unspecified atom stereocenters. The number of benzene rings is 1. The molecule has 1 N–H and O–H groups in total. The number of nitrogens with one attached hydrogen (secondary N) is 1. The van der Waals surface area contributed by atoms with E-state index in [2.05, 4.69) is 10.1 Å². The van der Waals surface area contributed by atoms with Crippen molar-refractivity contribution in [3.63, 3.8) is 0 Å². The van der Waals surface area contributed by atoms with Crippen LogP contribution < -0.4 is 14.8 Å². The van der Waals surface area contributed by atoms with Crippen molar-refractivity contribution < 1.29 is 32.6 Å². The number of halogens is 2. The summed E-state index contributed by atoms with van der Waals surface area (Å²) in [7, 11) is 1.30. The molecule has 1 fully saturated rings. The van der Waals surface area contributed by atoms with E-state index in [9.17, 15) is 23.2 Å². The highest BCUT2D eigenvalue weighted by Gasteiger charge is 2.34. The number of carbonyl (C=O) groups excluding carboxylic acids is 3. The van der Waals surface area contributed by atoms with Gasteiger partial charge in [0, 0.05) is 24.0 Å². The van der Waals surface area contributed by atoms with Gasteiger partial charge in [0.05, 0.1) is 12.0 Å². The Kier molecular flexibility index (Phi) is 7.06. The lowest BCUT2D eigenvalue weighted by atomic mass is 10.2. The first kappa shape index (κ1) is 21.8. The molecule has 0 atom stereocenters. The average Bonchev–Trinajstić information content (AvgIpc) is 3.33. The van der Waals surface area contributed by atoms with Gasteiger partial charge in [0.25, 0.3) is 17.1 Å². The average molecular weight is 454 g/mol. The summed E-state index contributed by atoms with van der Waals surface area (Å²) in [6, 6.07) is 5.86. The number of carbonyl (C=O) groups is 3. The van der Waals surface area contributed by atoms with Gasteiger partial charge in [0.2, 0.25) is 0 Å². The molecule has 1 aliphatic heterocycles. The van der Waals surface area contributed by atoms with Crippen LogP contribution >= 0.6 is 23.1 Å². The van der Waals surface area contributed by atoms with Gasteiger partial charge in [0.15, 0.2) is 11.5 Å². The highest BCUT2D eigenvalue weighted by molar-refractivity contribution is 8.18. The Morgan fingerprint density at radius 1 is 1.27 bits per heavy atom. The van der Waals surface area contributed by atoms with Crippen LogP contribution in [-0.4, -0.2) is 48.8 Å². The molecule has 2 heterocycles. The van der Waals surface area contributed by atoms with Gasteiger partial charge in [0.1, 0.15) is 0 Å². The first-order chi connectivity index (χ1) is 14.4. The molecule has 1 aliphatic rings. The monoisotopic (exact) mass is 454 g/mol. The van der Waals surface area contributed by atoms with Gasteiger partial charge in [-0.25, -0.2) is 0 Å². The third-order valence-electron chi connectivity index (χ3n) is 3.98. The summed E-state index contributed by atoms with van der Waals surface area (Å²) in [5.41, 5.74) is 0.993. The van der Waals surface area contributed by atoms with E-state index in [1.54, 1.807) is 16.8 Å². The van der Waals surface area contributed by atoms with Crippen LogP contribution in [-0.2, 0) is 4.79 Å². The fraction of sp³-hybridized carbons (Fsp3) is 0.211. The van der Waals surface area contributed by atoms with Crippen LogP contribution in [0.3, 0.4) is 0 Å². The minimum atomic E-state index is -3.00. The number of amides is 3. The van der Waals surface area contributed by atoms with Crippen LogP contribution in [0.5, 0.6) is 11.5 Å². The number of rotatable bonds is 8. The Bertz CT molecular complexity index is 979. The van der Waals surface area contributed by atoms with Crippen LogP contribution in [0.4, 0.5) is 13.6 Å². The zero-order valence-electron chi connectivity index (χ0n) is 15.6. The van der Waals surface area contributed by atoms with E-state index in [1.165, 1.54) is 42.7 Å². The minimum Gasteiger partial charge on any atom is -0.493 e. The Morgan fingerprint density at radius 2 is 2.07 bits per heavy atom. The maximum Gasteiger partial charge on any atom is 0.387 e. The summed E-state index contributed by atoms with van der Waals surface area (Å²) in [6.45, 7) is -2.85. The summed E-state index contributed by atoms with van der Waals surface area (Å²) < 4.78 is 34.2. The van der Waals surface area contributed by atoms with E-state index in [0.29, 0.717) is 11.1 Å². The highest BCUT2D eigenvalue weighted by atomic mass is 32.2. The van der Waals surface area contributed by atoms with Gasteiger partial charge in [-0.2, -0.15) is 20.1 Å². The summed E-state index contributed by atoms with van der Waals surface area (Å²) in [5.74, 6) is -0.850. The zero-order valence-corrected chi connectivity index (χ0v) is 17.2. The normalized spacial score (nSPS) is 15.2. The predicted molar refractivity (Wildman–Crippen MR) is 109 cm³/mol. The van der Waals surface area contributed by atoms with E-state index in [4.69, 9.17) is 4.74 Å². The SMILES string of the molecule is COc1cc(/C=C2\SC(=O)N(CCNC(=O)c3ccsc3)C2=O)ccc1OC(F)F. The van der Waals surface area contributed by atoms with Gasteiger partial charge in [-0.1, -0.05) is 6.07 Å². The second-order valence-corrected chi connectivity index (χ2v) is 7.66. The number of methoxy groups -OCH3 is 1. The molecule has 0 spiro atoms. The third kappa shape index (κ3) is 5.16. The first-order valence-electron chi connectivity index (χ1n) is 8.57. The van der Waals surface area contributed by atoms with Crippen molar-refractivity contribution in [3.8, 4) is 11.5 Å². The summed E-state index contributed by atoms with van der Waals surface area (Å²) in [5, 5.41) is 5.67. The molecule has 1 saturated heterocycles. The van der Waals surface area contributed by atoms with Crippen molar-refractivity contribution in [3.05, 3.63) is 51.1 Å². The van der Waals surface area contributed by atoms with Crippen LogP contribution in [0, 0.1) is 0 Å². The van der Waals surface area contributed by atoms with Gasteiger partial charge >= 0.3 is 6.61 Å². The van der Waals surface area contributed by atoms with Crippen molar-refractivity contribution in [2.75, 3.05) is 20.2 Å². The molecule has 0 bridgehead atoms. The number of ether oxygens (including phenoxy) is 2. The second-order valence-electron chi connectivity index (χ2n) is 5.89. The molecule has 30 heavy (non-hydrogen) atoms. The third-order valence-corrected chi connectivity index (χ3v) is 5.57. The second kappa shape index (κ2) is 9.72. The Morgan fingerprint density at radius 3 is 2.73 bits per heavy atom. The highest BCUT2D eigenvalue weighted by Crippen LogP contribution is 2.34. The number of thiophene rings is 1. The lowest BCUT2D eigenvalue weighted by molar-refractivity contribution is -0.122. The van der Waals surface area contributed by atoms with Crippen molar-refractivity contribution in [1.82, 2.24) is 10.2 Å². The molecule has 3 rings (SSSR count). The maximum atomic E-state index is 12.5. The lowest BCUT2D eigenvalue weighted by Gasteiger charge is -2.12. The molecule has 1 aromatic carbocycles. The van der Waals surface area contributed by atoms with E-state index in [0.717, 1.165) is 16.7 Å². The quantitative estimate of drug-likeness (QED) is 0.611. The van der Waals surface area contributed by atoms with Gasteiger partial charge < -0.3 is 14.8 Å². The van der Waals surface area contributed by atoms with Crippen molar-refractivity contribution in [2.24, 2.45) is 0 Å². The number of imide groups is 1. The van der Waals surface area contributed by atoms with Crippen molar-refractivity contribution >= 4 is 46.2 Å². The van der Waals surface area contributed by atoms with Crippen LogP contribution in [0.2, 0.25) is 0 Å². The molecular formula is C19H16F2N2O5S2. The van der Waals surface area contributed by atoms with E-state index >= 15 is 0 Å². The first-order valence-corrected chi connectivity index (χ1v) is 10.3. The number of nitrogens with zero attached hydrogens (tertiary/aromatic N) is 1. The van der Waals surface area contributed by atoms with Crippen LogP contribution in [0.25, 0.3) is 6.08 Å². The summed E-state index contributed by atoms with van der Waals surface area (Å²) in [6.07, 6.45) is 1.46. The zero-order chi connectivity index (χ0) is 21.7. The molecule has 158 valence electrons. The van der Waals surface area contributed by atoms with Crippen LogP contribution in [0.1, 0.15) is 15.9 Å².